The predicted octanol–water partition coefficient (Wildman–Crippen LogP) is 3.18. The maximum Gasteiger partial charge on any atom is 0.275 e. The lowest BCUT2D eigenvalue weighted by Crippen LogP contribution is -2.63. The van der Waals surface area contributed by atoms with E-state index in [4.69, 9.17) is 0 Å². The van der Waals surface area contributed by atoms with E-state index in [1.54, 1.807) is 41.6 Å². The van der Waals surface area contributed by atoms with Crippen LogP contribution in [0.1, 0.15) is 50.7 Å². The van der Waals surface area contributed by atoms with Gasteiger partial charge in [-0.15, -0.1) is 0 Å². The molecule has 1 aliphatic rings. The highest BCUT2D eigenvalue weighted by atomic mass is 19.1. The summed E-state index contributed by atoms with van der Waals surface area (Å²) in [5.74, 6) is -0.818. The number of piperazine rings is 1. The summed E-state index contributed by atoms with van der Waals surface area (Å²) in [5, 5.41) is 7.43. The van der Waals surface area contributed by atoms with Crippen LogP contribution in [0.3, 0.4) is 0 Å². The van der Waals surface area contributed by atoms with Crippen LogP contribution in [0.15, 0.2) is 36.5 Å². The van der Waals surface area contributed by atoms with Crippen molar-refractivity contribution in [3.05, 3.63) is 53.6 Å². The molecule has 1 aromatic carbocycles. The van der Waals surface area contributed by atoms with E-state index in [0.717, 1.165) is 11.1 Å². The Hall–Kier alpha value is -3.29. The van der Waals surface area contributed by atoms with Crippen molar-refractivity contribution in [2.45, 2.75) is 45.6 Å². The van der Waals surface area contributed by atoms with Crippen molar-refractivity contribution in [3.8, 4) is 11.3 Å². The standard InChI is InChI=1S/C23H26FN5O2/c1-22(2,3)16-12-17(14-6-8-15(24)9-7-14)27-29-13-18(26-19(16)29)20(30)28-11-10-25-21(31)23(28,4)5/h6-9,12-13H,10-11H2,1-5H3,(H,25,31). The van der Waals surface area contributed by atoms with E-state index in [2.05, 4.69) is 36.2 Å². The number of rotatable bonds is 2. The van der Waals surface area contributed by atoms with Crippen molar-refractivity contribution in [3.63, 3.8) is 0 Å². The molecular formula is C23H26FN5O2. The second-order valence-electron chi connectivity index (χ2n) is 9.37. The average molecular weight is 423 g/mol. The molecular weight excluding hydrogens is 397 g/mol. The fourth-order valence-corrected chi connectivity index (χ4v) is 3.79. The number of amides is 2. The SMILES string of the molecule is CC(C)(C)c1cc(-c2ccc(F)cc2)nn2cc(C(=O)N3CCNC(=O)C3(C)C)nc12. The van der Waals surface area contributed by atoms with Crippen LogP contribution >= 0.6 is 0 Å². The van der Waals surface area contributed by atoms with Crippen LogP contribution in [0.2, 0.25) is 0 Å². The molecule has 162 valence electrons. The molecule has 1 N–H and O–H groups in total. The van der Waals surface area contributed by atoms with Gasteiger partial charge in [0.05, 0.1) is 11.9 Å². The summed E-state index contributed by atoms with van der Waals surface area (Å²) < 4.78 is 15.0. The van der Waals surface area contributed by atoms with Crippen molar-refractivity contribution in [2.24, 2.45) is 0 Å². The number of imidazole rings is 1. The van der Waals surface area contributed by atoms with E-state index in [0.29, 0.717) is 24.4 Å². The van der Waals surface area contributed by atoms with Gasteiger partial charge in [-0.05, 0) is 49.6 Å². The Morgan fingerprint density at radius 3 is 2.52 bits per heavy atom. The topological polar surface area (TPSA) is 79.6 Å². The third kappa shape index (κ3) is 3.66. The average Bonchev–Trinajstić information content (AvgIpc) is 3.12. The summed E-state index contributed by atoms with van der Waals surface area (Å²) in [6, 6.07) is 8.07. The number of aromatic nitrogens is 3. The van der Waals surface area contributed by atoms with Gasteiger partial charge in [-0.3, -0.25) is 9.59 Å². The minimum atomic E-state index is -0.968. The fraction of sp³-hybridized carbons (Fsp3) is 0.391. The van der Waals surface area contributed by atoms with Gasteiger partial charge in [-0.25, -0.2) is 13.9 Å². The number of fused-ring (bicyclic) bond motifs is 1. The number of nitrogens with zero attached hydrogens (tertiary/aromatic N) is 4. The lowest BCUT2D eigenvalue weighted by molar-refractivity contribution is -0.133. The number of carbonyl (C=O) groups excluding carboxylic acids is 2. The first-order valence-corrected chi connectivity index (χ1v) is 10.3. The van der Waals surface area contributed by atoms with Crippen molar-refractivity contribution in [1.82, 2.24) is 24.8 Å². The molecule has 8 heteroatoms. The number of halogens is 1. The van der Waals surface area contributed by atoms with Gasteiger partial charge in [-0.2, -0.15) is 5.10 Å². The van der Waals surface area contributed by atoms with Crippen molar-refractivity contribution >= 4 is 17.5 Å². The largest absolute Gasteiger partial charge is 0.352 e. The van der Waals surface area contributed by atoms with E-state index in [1.165, 1.54) is 12.1 Å². The number of benzene rings is 1. The maximum atomic E-state index is 13.4. The van der Waals surface area contributed by atoms with Gasteiger partial charge in [-0.1, -0.05) is 20.8 Å². The Morgan fingerprint density at radius 2 is 1.87 bits per heavy atom. The van der Waals surface area contributed by atoms with Gasteiger partial charge in [0.2, 0.25) is 5.91 Å². The van der Waals surface area contributed by atoms with Crippen LogP contribution in [0.4, 0.5) is 4.39 Å². The van der Waals surface area contributed by atoms with Gasteiger partial charge in [0.1, 0.15) is 17.1 Å². The normalized spacial score (nSPS) is 16.5. The van der Waals surface area contributed by atoms with Gasteiger partial charge in [0.25, 0.3) is 5.91 Å². The Morgan fingerprint density at radius 1 is 1.19 bits per heavy atom. The van der Waals surface area contributed by atoms with Crippen LogP contribution < -0.4 is 5.32 Å². The molecule has 4 rings (SSSR count). The molecule has 0 aliphatic carbocycles. The molecule has 3 heterocycles. The zero-order valence-electron chi connectivity index (χ0n) is 18.4. The van der Waals surface area contributed by atoms with Crippen LogP contribution in [0, 0.1) is 5.82 Å². The molecule has 1 fully saturated rings. The summed E-state index contributed by atoms with van der Waals surface area (Å²) in [6.07, 6.45) is 1.60. The third-order valence-corrected chi connectivity index (χ3v) is 5.69. The number of hydrogen-bond acceptors (Lipinski definition) is 4. The Labute approximate surface area is 180 Å². The second kappa shape index (κ2) is 7.14. The first-order chi connectivity index (χ1) is 14.5. The molecule has 0 radical (unpaired) electrons. The summed E-state index contributed by atoms with van der Waals surface area (Å²) in [4.78, 5) is 31.7. The molecule has 0 atom stereocenters. The summed E-state index contributed by atoms with van der Waals surface area (Å²) in [6.45, 7) is 10.4. The van der Waals surface area contributed by atoms with E-state index in [9.17, 15) is 14.0 Å². The number of hydrogen-bond donors (Lipinski definition) is 1. The first-order valence-electron chi connectivity index (χ1n) is 10.3. The maximum absolute atomic E-state index is 13.4. The zero-order valence-corrected chi connectivity index (χ0v) is 18.4. The molecule has 7 nitrogen and oxygen atoms in total. The van der Waals surface area contributed by atoms with Crippen LogP contribution in [0.25, 0.3) is 16.9 Å². The highest BCUT2D eigenvalue weighted by Gasteiger charge is 2.41. The Balaban J connectivity index is 1.83. The first kappa shape index (κ1) is 21.0. The number of carbonyl (C=O) groups is 2. The molecule has 1 aliphatic heterocycles. The molecule has 1 saturated heterocycles. The highest BCUT2D eigenvalue weighted by Crippen LogP contribution is 2.30. The Kier molecular flexibility index (Phi) is 4.83. The van der Waals surface area contributed by atoms with E-state index < -0.39 is 5.54 Å². The van der Waals surface area contributed by atoms with Crippen molar-refractivity contribution in [2.75, 3.05) is 13.1 Å². The minimum Gasteiger partial charge on any atom is -0.352 e. The number of nitrogens with one attached hydrogen (secondary N) is 1. The zero-order chi connectivity index (χ0) is 22.6. The molecule has 0 unspecified atom stereocenters. The smallest absolute Gasteiger partial charge is 0.275 e. The Bertz CT molecular complexity index is 1180. The lowest BCUT2D eigenvalue weighted by Gasteiger charge is -2.40. The van der Waals surface area contributed by atoms with Crippen LogP contribution in [-0.4, -0.2) is 49.9 Å². The molecule has 0 saturated carbocycles. The van der Waals surface area contributed by atoms with E-state index in [-0.39, 0.29) is 28.7 Å². The molecule has 31 heavy (non-hydrogen) atoms. The molecule has 2 amide bonds. The molecule has 3 aromatic rings. The lowest BCUT2D eigenvalue weighted by atomic mass is 9.87. The van der Waals surface area contributed by atoms with Crippen molar-refractivity contribution in [1.29, 1.82) is 0 Å². The second-order valence-corrected chi connectivity index (χ2v) is 9.37. The summed E-state index contributed by atoms with van der Waals surface area (Å²) in [5.41, 5.74) is 1.92. The molecule has 0 bridgehead atoms. The van der Waals surface area contributed by atoms with Gasteiger partial charge < -0.3 is 10.2 Å². The van der Waals surface area contributed by atoms with E-state index >= 15 is 0 Å². The van der Waals surface area contributed by atoms with Crippen LogP contribution in [-0.2, 0) is 10.2 Å². The van der Waals surface area contributed by atoms with E-state index in [1.807, 2.05) is 6.07 Å². The van der Waals surface area contributed by atoms with Crippen molar-refractivity contribution < 1.29 is 14.0 Å². The third-order valence-electron chi connectivity index (χ3n) is 5.69. The summed E-state index contributed by atoms with van der Waals surface area (Å²) >= 11 is 0. The fourth-order valence-electron chi connectivity index (χ4n) is 3.79. The van der Waals surface area contributed by atoms with Gasteiger partial charge in [0, 0.05) is 24.2 Å². The quantitative estimate of drug-likeness (QED) is 0.687. The monoisotopic (exact) mass is 423 g/mol. The predicted molar refractivity (Wildman–Crippen MR) is 115 cm³/mol. The molecule has 2 aromatic heterocycles. The molecule has 0 spiro atoms. The van der Waals surface area contributed by atoms with Crippen LogP contribution in [0.5, 0.6) is 0 Å². The van der Waals surface area contributed by atoms with Gasteiger partial charge >= 0.3 is 0 Å². The minimum absolute atomic E-state index is 0.192. The highest BCUT2D eigenvalue weighted by molar-refractivity contribution is 5.99. The van der Waals surface area contributed by atoms with Gasteiger partial charge in [0.15, 0.2) is 5.65 Å². The summed E-state index contributed by atoms with van der Waals surface area (Å²) in [7, 11) is 0.